The lowest BCUT2D eigenvalue weighted by Crippen LogP contribution is -1.88. The highest BCUT2D eigenvalue weighted by Crippen LogP contribution is 2.31. The molecule has 5 nitrogen and oxygen atoms in total. The summed E-state index contributed by atoms with van der Waals surface area (Å²) in [5, 5.41) is 8.77. The van der Waals surface area contributed by atoms with E-state index in [-0.39, 0.29) is 0 Å². The topological polar surface area (TPSA) is 57.4 Å². The van der Waals surface area contributed by atoms with Crippen molar-refractivity contribution in [2.45, 2.75) is 15.9 Å². The minimum Gasteiger partial charge on any atom is -0.497 e. The molecule has 1 heterocycles. The number of hydrogen-bond donors (Lipinski definition) is 0. The Kier molecular flexibility index (Phi) is 5.88. The van der Waals surface area contributed by atoms with Crippen LogP contribution in [0.1, 0.15) is 5.56 Å². The van der Waals surface area contributed by atoms with Crippen LogP contribution in [-0.4, -0.2) is 30.7 Å². The van der Waals surface area contributed by atoms with Crippen LogP contribution in [-0.2, 0) is 5.75 Å². The predicted molar refractivity (Wildman–Crippen MR) is 101 cm³/mol. The summed E-state index contributed by atoms with van der Waals surface area (Å²) in [5.74, 6) is 2.57. The number of hydrogen-bond acceptors (Lipinski definition) is 7. The smallest absolute Gasteiger partial charge is 0.277 e. The first-order valence-corrected chi connectivity index (χ1v) is 9.75. The lowest BCUT2D eigenvalue weighted by Gasteiger charge is -2.05. The van der Waals surface area contributed by atoms with Gasteiger partial charge < -0.3 is 13.9 Å². The lowest BCUT2D eigenvalue weighted by molar-refractivity contribution is 0.394. The third kappa shape index (κ3) is 4.49. The van der Waals surface area contributed by atoms with Crippen LogP contribution in [0.5, 0.6) is 11.5 Å². The Hall–Kier alpha value is -2.12. The fourth-order valence-corrected chi connectivity index (χ4v) is 3.31. The molecule has 0 aliphatic heterocycles. The molecule has 3 rings (SSSR count). The molecule has 0 radical (unpaired) electrons. The van der Waals surface area contributed by atoms with Crippen LogP contribution in [0.15, 0.2) is 57.0 Å². The largest absolute Gasteiger partial charge is 0.497 e. The molecule has 7 heteroatoms. The normalized spacial score (nSPS) is 10.7. The van der Waals surface area contributed by atoms with E-state index in [0.717, 1.165) is 11.3 Å². The van der Waals surface area contributed by atoms with Crippen LogP contribution in [0.2, 0.25) is 0 Å². The van der Waals surface area contributed by atoms with Crippen molar-refractivity contribution in [3.05, 3.63) is 48.0 Å². The summed E-state index contributed by atoms with van der Waals surface area (Å²) in [6, 6.07) is 13.9. The molecule has 1 aromatic heterocycles. The van der Waals surface area contributed by atoms with Gasteiger partial charge in [0.2, 0.25) is 5.89 Å². The Morgan fingerprint density at radius 3 is 2.24 bits per heavy atom. The van der Waals surface area contributed by atoms with Crippen molar-refractivity contribution in [2.24, 2.45) is 0 Å². The average molecular weight is 374 g/mol. The zero-order valence-corrected chi connectivity index (χ0v) is 15.8. The van der Waals surface area contributed by atoms with E-state index >= 15 is 0 Å². The fourth-order valence-electron chi connectivity index (χ4n) is 2.18. The number of thioether (sulfide) groups is 2. The van der Waals surface area contributed by atoms with Crippen molar-refractivity contribution in [1.82, 2.24) is 10.2 Å². The molecule has 25 heavy (non-hydrogen) atoms. The summed E-state index contributed by atoms with van der Waals surface area (Å²) in [5.41, 5.74) is 1.98. The van der Waals surface area contributed by atoms with Gasteiger partial charge in [0.1, 0.15) is 11.5 Å². The van der Waals surface area contributed by atoms with Crippen LogP contribution >= 0.6 is 23.5 Å². The van der Waals surface area contributed by atoms with E-state index in [1.54, 1.807) is 32.0 Å². The molecular weight excluding hydrogens is 356 g/mol. The van der Waals surface area contributed by atoms with Crippen LogP contribution in [0.4, 0.5) is 0 Å². The molecule has 0 fully saturated rings. The van der Waals surface area contributed by atoms with Gasteiger partial charge in [-0.1, -0.05) is 23.9 Å². The summed E-state index contributed by atoms with van der Waals surface area (Å²) < 4.78 is 16.3. The summed E-state index contributed by atoms with van der Waals surface area (Å²) in [4.78, 5) is 1.25. The monoisotopic (exact) mass is 374 g/mol. The van der Waals surface area contributed by atoms with Gasteiger partial charge in [0.15, 0.2) is 0 Å². The van der Waals surface area contributed by atoms with E-state index in [2.05, 4.69) is 40.7 Å². The molecule has 0 amide bonds. The van der Waals surface area contributed by atoms with Crippen LogP contribution in [0.25, 0.3) is 11.5 Å². The maximum Gasteiger partial charge on any atom is 0.277 e. The standard InChI is InChI=1S/C18H18N2O3S2/c1-21-14-8-13(9-15(10-14)22-2)17-19-20-18(23-17)25-11-12-4-6-16(24-3)7-5-12/h4-10H,11H2,1-3H3. The molecule has 0 spiro atoms. The highest BCUT2D eigenvalue weighted by atomic mass is 32.2. The number of methoxy groups -OCH3 is 2. The summed E-state index contributed by atoms with van der Waals surface area (Å²) in [6.45, 7) is 0. The maximum absolute atomic E-state index is 5.76. The second kappa shape index (κ2) is 8.31. The Morgan fingerprint density at radius 2 is 1.64 bits per heavy atom. The molecule has 130 valence electrons. The third-order valence-electron chi connectivity index (χ3n) is 3.53. The van der Waals surface area contributed by atoms with Gasteiger partial charge >= 0.3 is 0 Å². The SMILES string of the molecule is COc1cc(OC)cc(-c2nnc(SCc3ccc(SC)cc3)o2)c1. The van der Waals surface area contributed by atoms with Crippen LogP contribution in [0, 0.1) is 0 Å². The zero-order chi connectivity index (χ0) is 17.6. The molecule has 0 aliphatic carbocycles. The minimum atomic E-state index is 0.442. The molecule has 2 aromatic carbocycles. The second-order valence-corrected chi connectivity index (χ2v) is 6.92. The molecule has 3 aromatic rings. The predicted octanol–water partition coefficient (Wildman–Crippen LogP) is 4.77. The van der Waals surface area contributed by atoms with Gasteiger partial charge in [0.05, 0.1) is 14.2 Å². The van der Waals surface area contributed by atoms with E-state index in [4.69, 9.17) is 13.9 Å². The van der Waals surface area contributed by atoms with Crippen LogP contribution < -0.4 is 9.47 Å². The summed E-state index contributed by atoms with van der Waals surface area (Å²) in [6.07, 6.45) is 2.07. The quantitative estimate of drug-likeness (QED) is 0.552. The Bertz CT molecular complexity index is 812. The van der Waals surface area contributed by atoms with Crippen molar-refractivity contribution >= 4 is 23.5 Å². The Balaban J connectivity index is 1.71. The van der Waals surface area contributed by atoms with E-state index in [9.17, 15) is 0 Å². The van der Waals surface area contributed by atoms with Gasteiger partial charge in [-0.25, -0.2) is 0 Å². The van der Waals surface area contributed by atoms with Gasteiger partial charge in [-0.05, 0) is 36.1 Å². The number of rotatable bonds is 7. The molecule has 0 N–H and O–H groups in total. The number of benzene rings is 2. The zero-order valence-electron chi connectivity index (χ0n) is 14.2. The number of ether oxygens (including phenoxy) is 2. The molecular formula is C18H18N2O3S2. The van der Waals surface area contributed by atoms with Gasteiger partial charge in [0.25, 0.3) is 5.22 Å². The molecule has 0 bridgehead atoms. The molecule has 0 saturated carbocycles. The van der Waals surface area contributed by atoms with E-state index in [1.165, 1.54) is 22.2 Å². The summed E-state index contributed by atoms with van der Waals surface area (Å²) >= 11 is 3.24. The molecule has 0 atom stereocenters. The second-order valence-electron chi connectivity index (χ2n) is 5.11. The van der Waals surface area contributed by atoms with Crippen molar-refractivity contribution in [3.8, 4) is 23.0 Å². The van der Waals surface area contributed by atoms with Gasteiger partial charge in [-0.15, -0.1) is 22.0 Å². The molecule has 0 aliphatic rings. The third-order valence-corrected chi connectivity index (χ3v) is 5.16. The van der Waals surface area contributed by atoms with Gasteiger partial charge in [0, 0.05) is 22.3 Å². The maximum atomic E-state index is 5.76. The lowest BCUT2D eigenvalue weighted by atomic mass is 10.2. The minimum absolute atomic E-state index is 0.442. The van der Waals surface area contributed by atoms with Crippen molar-refractivity contribution in [1.29, 1.82) is 0 Å². The first kappa shape index (κ1) is 17.7. The van der Waals surface area contributed by atoms with Crippen LogP contribution in [0.3, 0.4) is 0 Å². The highest BCUT2D eigenvalue weighted by Gasteiger charge is 2.12. The Morgan fingerprint density at radius 1 is 0.960 bits per heavy atom. The van der Waals surface area contributed by atoms with E-state index in [0.29, 0.717) is 22.6 Å². The number of nitrogens with zero attached hydrogens (tertiary/aromatic N) is 2. The highest BCUT2D eigenvalue weighted by molar-refractivity contribution is 7.98. The van der Waals surface area contributed by atoms with E-state index < -0.39 is 0 Å². The van der Waals surface area contributed by atoms with Gasteiger partial charge in [-0.2, -0.15) is 0 Å². The summed E-state index contributed by atoms with van der Waals surface area (Å²) in [7, 11) is 3.21. The van der Waals surface area contributed by atoms with E-state index in [1.807, 2.05) is 12.1 Å². The van der Waals surface area contributed by atoms with Crippen molar-refractivity contribution in [2.75, 3.05) is 20.5 Å². The van der Waals surface area contributed by atoms with Crippen molar-refractivity contribution in [3.63, 3.8) is 0 Å². The Labute approximate surface area is 155 Å². The average Bonchev–Trinajstić information content (AvgIpc) is 3.15. The van der Waals surface area contributed by atoms with Gasteiger partial charge in [-0.3, -0.25) is 0 Å². The molecule has 0 unspecified atom stereocenters. The fraction of sp³-hybridized carbons (Fsp3) is 0.222. The van der Waals surface area contributed by atoms with Crippen molar-refractivity contribution < 1.29 is 13.9 Å². The number of aromatic nitrogens is 2. The first-order valence-electron chi connectivity index (χ1n) is 7.54. The molecule has 0 saturated heterocycles. The first-order chi connectivity index (χ1) is 12.2.